The number of H-pyrrole nitrogens is 1. The predicted molar refractivity (Wildman–Crippen MR) is 129 cm³/mol. The Morgan fingerprint density at radius 1 is 1.27 bits per heavy atom. The molecule has 9 nitrogen and oxygen atoms in total. The number of amides is 1. The van der Waals surface area contributed by atoms with Crippen molar-refractivity contribution >= 4 is 50.5 Å². The van der Waals surface area contributed by atoms with Crippen LogP contribution in [-0.2, 0) is 6.54 Å². The first-order chi connectivity index (χ1) is 16.0. The number of nitrogens with one attached hydrogen (secondary N) is 2. The zero-order valence-corrected chi connectivity index (χ0v) is 20.2. The van der Waals surface area contributed by atoms with Crippen molar-refractivity contribution in [1.29, 1.82) is 0 Å². The highest BCUT2D eigenvalue weighted by molar-refractivity contribution is 7.09. The third-order valence-electron chi connectivity index (χ3n) is 6.63. The van der Waals surface area contributed by atoms with E-state index in [0.717, 1.165) is 64.8 Å². The number of anilines is 2. The number of hydrogen-bond donors (Lipinski definition) is 2. The van der Waals surface area contributed by atoms with Crippen LogP contribution in [-0.4, -0.2) is 51.8 Å². The second-order valence-electron chi connectivity index (χ2n) is 9.42. The van der Waals surface area contributed by atoms with Crippen LogP contribution in [0.3, 0.4) is 0 Å². The first-order valence-electron chi connectivity index (χ1n) is 11.8. The Labute approximate surface area is 195 Å². The molecule has 0 atom stereocenters. The maximum absolute atomic E-state index is 13.8. The number of rotatable bonds is 7. The van der Waals surface area contributed by atoms with Crippen molar-refractivity contribution in [3.63, 3.8) is 0 Å². The van der Waals surface area contributed by atoms with Gasteiger partial charge in [-0.1, -0.05) is 13.8 Å². The minimum absolute atomic E-state index is 0.140. The van der Waals surface area contributed by atoms with Crippen LogP contribution in [0.2, 0.25) is 0 Å². The summed E-state index contributed by atoms with van der Waals surface area (Å²) >= 11 is 1.32. The maximum atomic E-state index is 13.8. The summed E-state index contributed by atoms with van der Waals surface area (Å²) in [6.45, 7) is 8.91. The van der Waals surface area contributed by atoms with Crippen molar-refractivity contribution in [2.75, 3.05) is 5.32 Å². The van der Waals surface area contributed by atoms with Gasteiger partial charge in [-0.05, 0) is 45.1 Å². The van der Waals surface area contributed by atoms with E-state index in [9.17, 15) is 4.79 Å². The summed E-state index contributed by atoms with van der Waals surface area (Å²) < 4.78 is 6.50. The lowest BCUT2D eigenvalue weighted by molar-refractivity contribution is 0.0718. The number of hydrogen-bond acceptors (Lipinski definition) is 7. The summed E-state index contributed by atoms with van der Waals surface area (Å²) in [7, 11) is 0. The molecule has 0 radical (unpaired) electrons. The Morgan fingerprint density at radius 2 is 2.00 bits per heavy atom. The van der Waals surface area contributed by atoms with Gasteiger partial charge in [0.1, 0.15) is 28.2 Å². The van der Waals surface area contributed by atoms with Gasteiger partial charge in [-0.2, -0.15) is 4.37 Å². The van der Waals surface area contributed by atoms with Gasteiger partial charge in [0.25, 0.3) is 5.91 Å². The van der Waals surface area contributed by atoms with E-state index < -0.39 is 0 Å². The van der Waals surface area contributed by atoms with E-state index in [2.05, 4.69) is 54.9 Å². The SMILES string of the molecule is CCn1c(C(=O)N(C2CC2)C2CC2)c(C)c2c3nc[nH]c3c(Nc3nc(C(C)C)ns3)nc21. The second-order valence-corrected chi connectivity index (χ2v) is 10.2. The van der Waals surface area contributed by atoms with E-state index in [4.69, 9.17) is 4.98 Å². The molecule has 4 aromatic heterocycles. The van der Waals surface area contributed by atoms with E-state index in [1.54, 1.807) is 6.33 Å². The topological polar surface area (TPSA) is 105 Å². The van der Waals surface area contributed by atoms with Crippen molar-refractivity contribution in [2.45, 2.75) is 77.9 Å². The summed E-state index contributed by atoms with van der Waals surface area (Å²) in [6, 6.07) is 0.798. The van der Waals surface area contributed by atoms with Gasteiger partial charge < -0.3 is 19.8 Å². The summed E-state index contributed by atoms with van der Waals surface area (Å²) in [4.78, 5) is 33.4. The average Bonchev–Trinajstić information content (AvgIpc) is 3.68. The molecule has 4 aromatic rings. The second kappa shape index (κ2) is 7.51. The quantitative estimate of drug-likeness (QED) is 0.410. The van der Waals surface area contributed by atoms with Crippen LogP contribution < -0.4 is 5.32 Å². The first-order valence-corrected chi connectivity index (χ1v) is 12.5. The molecule has 0 spiro atoms. The fourth-order valence-electron chi connectivity index (χ4n) is 4.71. The predicted octanol–water partition coefficient (Wildman–Crippen LogP) is 4.73. The molecular formula is C23H28N8OS. The van der Waals surface area contributed by atoms with Crippen LogP contribution in [0.15, 0.2) is 6.33 Å². The summed E-state index contributed by atoms with van der Waals surface area (Å²) in [5.41, 5.74) is 4.11. The number of fused-ring (bicyclic) bond motifs is 3. The van der Waals surface area contributed by atoms with Crippen molar-refractivity contribution in [3.05, 3.63) is 23.4 Å². The summed E-state index contributed by atoms with van der Waals surface area (Å²) in [5.74, 6) is 1.86. The molecule has 33 heavy (non-hydrogen) atoms. The first kappa shape index (κ1) is 20.6. The number of carbonyl (C=O) groups is 1. The molecule has 10 heteroatoms. The molecule has 6 rings (SSSR count). The lowest BCUT2D eigenvalue weighted by Crippen LogP contribution is -2.36. The number of pyridine rings is 1. The Bertz CT molecular complexity index is 1360. The van der Waals surface area contributed by atoms with E-state index in [1.165, 1.54) is 11.5 Å². The zero-order valence-electron chi connectivity index (χ0n) is 19.3. The number of carbonyl (C=O) groups excluding carboxylic acids is 1. The van der Waals surface area contributed by atoms with E-state index in [-0.39, 0.29) is 11.8 Å². The minimum Gasteiger partial charge on any atom is -0.342 e. The minimum atomic E-state index is 0.140. The zero-order chi connectivity index (χ0) is 22.9. The van der Waals surface area contributed by atoms with Crippen LogP contribution in [0.4, 0.5) is 10.9 Å². The van der Waals surface area contributed by atoms with Gasteiger partial charge in [-0.25, -0.2) is 15.0 Å². The van der Waals surface area contributed by atoms with Crippen molar-refractivity contribution in [3.8, 4) is 0 Å². The molecule has 1 amide bonds. The van der Waals surface area contributed by atoms with Gasteiger partial charge in [-0.15, -0.1) is 0 Å². The molecule has 2 fully saturated rings. The van der Waals surface area contributed by atoms with Crippen LogP contribution >= 0.6 is 11.5 Å². The Hall–Kier alpha value is -3.01. The highest BCUT2D eigenvalue weighted by atomic mass is 32.1. The van der Waals surface area contributed by atoms with Gasteiger partial charge >= 0.3 is 0 Å². The molecule has 2 saturated carbocycles. The Morgan fingerprint density at radius 3 is 2.61 bits per heavy atom. The van der Waals surface area contributed by atoms with Crippen LogP contribution in [0.1, 0.15) is 74.2 Å². The van der Waals surface area contributed by atoms with Gasteiger partial charge in [-0.3, -0.25) is 4.79 Å². The van der Waals surface area contributed by atoms with Gasteiger partial charge in [0.15, 0.2) is 5.82 Å². The molecule has 2 aliphatic carbocycles. The highest BCUT2D eigenvalue weighted by Crippen LogP contribution is 2.40. The molecule has 2 aliphatic rings. The van der Waals surface area contributed by atoms with Crippen LogP contribution in [0.5, 0.6) is 0 Å². The molecule has 172 valence electrons. The fourth-order valence-corrected chi connectivity index (χ4v) is 5.42. The van der Waals surface area contributed by atoms with Crippen LogP contribution in [0, 0.1) is 6.92 Å². The number of aromatic amines is 1. The van der Waals surface area contributed by atoms with E-state index in [0.29, 0.717) is 29.6 Å². The molecule has 0 aromatic carbocycles. The summed E-state index contributed by atoms with van der Waals surface area (Å²) in [5, 5.41) is 4.97. The molecule has 0 unspecified atom stereocenters. The third kappa shape index (κ3) is 3.30. The van der Waals surface area contributed by atoms with Gasteiger partial charge in [0.05, 0.1) is 11.7 Å². The van der Waals surface area contributed by atoms with Crippen molar-refractivity contribution in [2.24, 2.45) is 0 Å². The van der Waals surface area contributed by atoms with E-state index >= 15 is 0 Å². The highest BCUT2D eigenvalue weighted by Gasteiger charge is 2.43. The lowest BCUT2D eigenvalue weighted by Gasteiger charge is -2.23. The molecule has 0 saturated heterocycles. The Balaban J connectivity index is 1.50. The van der Waals surface area contributed by atoms with Gasteiger partial charge in [0.2, 0.25) is 5.13 Å². The Kier molecular flexibility index (Phi) is 4.69. The third-order valence-corrected chi connectivity index (χ3v) is 7.27. The lowest BCUT2D eigenvalue weighted by atomic mass is 10.1. The fraction of sp³-hybridized carbons (Fsp3) is 0.522. The maximum Gasteiger partial charge on any atom is 0.271 e. The molecule has 4 heterocycles. The normalized spacial score (nSPS) is 16.3. The molecule has 0 bridgehead atoms. The van der Waals surface area contributed by atoms with Gasteiger partial charge in [0, 0.05) is 36.1 Å². The molecule has 2 N–H and O–H groups in total. The monoisotopic (exact) mass is 464 g/mol. The number of aromatic nitrogens is 6. The van der Waals surface area contributed by atoms with E-state index in [1.807, 2.05) is 6.92 Å². The van der Waals surface area contributed by atoms with Crippen LogP contribution in [0.25, 0.3) is 22.1 Å². The standard InChI is InChI=1S/C23H28N8OS/c1-5-30-18(22(32)31(13-6-7-13)14-8-9-14)12(4)15-16-17(25-10-24-16)20(26-21(15)30)28-23-27-19(11(2)3)29-33-23/h10-11,13-14H,5-9H2,1-4H3,(H,24,25)(H,26,27,28,29). The van der Waals surface area contributed by atoms with Crippen molar-refractivity contribution < 1.29 is 4.79 Å². The smallest absolute Gasteiger partial charge is 0.271 e. The number of nitrogens with zero attached hydrogens (tertiary/aromatic N) is 6. The summed E-state index contributed by atoms with van der Waals surface area (Å²) in [6.07, 6.45) is 6.14. The number of aryl methyl sites for hydroxylation is 2. The average molecular weight is 465 g/mol. The molecule has 0 aliphatic heterocycles. The van der Waals surface area contributed by atoms with Crippen molar-refractivity contribution in [1.82, 2.24) is 33.8 Å². The largest absolute Gasteiger partial charge is 0.342 e. The number of imidazole rings is 1. The molecular weight excluding hydrogens is 436 g/mol.